The van der Waals surface area contributed by atoms with Crippen molar-refractivity contribution in [3.05, 3.63) is 74.8 Å². The summed E-state index contributed by atoms with van der Waals surface area (Å²) < 4.78 is 13.0. The van der Waals surface area contributed by atoms with E-state index in [2.05, 4.69) is 66.1 Å². The van der Waals surface area contributed by atoms with Gasteiger partial charge in [0.15, 0.2) is 17.3 Å². The molecule has 0 saturated carbocycles. The summed E-state index contributed by atoms with van der Waals surface area (Å²) in [6, 6.07) is 12.0. The molecule has 2 aromatic carbocycles. The third-order valence-corrected chi connectivity index (χ3v) is 6.97. The van der Waals surface area contributed by atoms with Gasteiger partial charge in [-0.05, 0) is 86.4 Å². The molecule has 1 atom stereocenters. The zero-order valence-electron chi connectivity index (χ0n) is 22.3. The number of tetrazole rings is 1. The average molecular weight is 503 g/mol. The van der Waals surface area contributed by atoms with Crippen LogP contribution >= 0.6 is 0 Å². The number of ether oxygens (including phenoxy) is 2. The Hall–Kier alpha value is -3.72. The van der Waals surface area contributed by atoms with Crippen LogP contribution in [0.5, 0.6) is 11.5 Å². The summed E-state index contributed by atoms with van der Waals surface area (Å²) in [6.07, 6.45) is 0.768. The predicted molar refractivity (Wildman–Crippen MR) is 142 cm³/mol. The smallest absolute Gasteiger partial charge is 0.252 e. The van der Waals surface area contributed by atoms with E-state index in [4.69, 9.17) is 9.47 Å². The molecule has 5 rings (SSSR count). The minimum atomic E-state index is -0.286. The number of nitrogens with one attached hydrogen (secondary N) is 1. The maximum absolute atomic E-state index is 13.3. The van der Waals surface area contributed by atoms with Crippen molar-refractivity contribution in [1.82, 2.24) is 30.1 Å². The van der Waals surface area contributed by atoms with Crippen molar-refractivity contribution in [2.75, 3.05) is 6.79 Å². The van der Waals surface area contributed by atoms with Gasteiger partial charge >= 0.3 is 0 Å². The van der Waals surface area contributed by atoms with Crippen molar-refractivity contribution < 1.29 is 9.47 Å². The Balaban J connectivity index is 1.58. The number of fused-ring (bicyclic) bond motifs is 2. The quantitative estimate of drug-likeness (QED) is 0.389. The first-order chi connectivity index (χ1) is 17.7. The first-order valence-electron chi connectivity index (χ1n) is 12.7. The van der Waals surface area contributed by atoms with Gasteiger partial charge in [-0.3, -0.25) is 9.69 Å². The number of aromatic amines is 1. The fraction of sp³-hybridized carbons (Fsp3) is 0.429. The number of nitrogens with zero attached hydrogens (tertiary/aromatic N) is 5. The molecule has 0 fully saturated rings. The standard InChI is InChI=1S/C28H34N6O3/c1-7-22(26-30-31-32-34(26)28(4,5)6)33(14-19-10-11-23-24(12-19)37-16-36-23)15-20-13-21-17(2)8-9-18(3)25(21)29-27(20)35/h8-13,22H,7,14-16H2,1-6H3,(H,29,35)/t22-/m1/s1. The number of pyridine rings is 1. The van der Waals surface area contributed by atoms with E-state index in [-0.39, 0.29) is 23.9 Å². The van der Waals surface area contributed by atoms with E-state index in [1.54, 1.807) is 0 Å². The summed E-state index contributed by atoms with van der Waals surface area (Å²) in [5.41, 5.74) is 4.46. The lowest BCUT2D eigenvalue weighted by Crippen LogP contribution is -2.35. The van der Waals surface area contributed by atoms with E-state index >= 15 is 0 Å². The van der Waals surface area contributed by atoms with Gasteiger partial charge in [-0.2, -0.15) is 0 Å². The van der Waals surface area contributed by atoms with E-state index in [0.29, 0.717) is 18.7 Å². The minimum Gasteiger partial charge on any atom is -0.454 e. The first-order valence-corrected chi connectivity index (χ1v) is 12.7. The highest BCUT2D eigenvalue weighted by molar-refractivity contribution is 5.85. The van der Waals surface area contributed by atoms with Gasteiger partial charge in [-0.1, -0.05) is 25.1 Å². The van der Waals surface area contributed by atoms with E-state index in [1.165, 1.54) is 0 Å². The average Bonchev–Trinajstić information content (AvgIpc) is 3.52. The van der Waals surface area contributed by atoms with Crippen LogP contribution in [-0.2, 0) is 18.6 Å². The maximum Gasteiger partial charge on any atom is 0.252 e. The van der Waals surface area contributed by atoms with Gasteiger partial charge in [0, 0.05) is 24.0 Å². The van der Waals surface area contributed by atoms with Crippen molar-refractivity contribution in [3.8, 4) is 11.5 Å². The van der Waals surface area contributed by atoms with E-state index in [1.807, 2.05) is 41.9 Å². The molecular formula is C28H34N6O3. The minimum absolute atomic E-state index is 0.0813. The van der Waals surface area contributed by atoms with E-state index in [9.17, 15) is 4.79 Å². The van der Waals surface area contributed by atoms with Crippen molar-refractivity contribution >= 4 is 10.9 Å². The Morgan fingerprint density at radius 2 is 1.81 bits per heavy atom. The van der Waals surface area contributed by atoms with E-state index < -0.39 is 0 Å². The molecule has 0 unspecified atom stereocenters. The zero-order chi connectivity index (χ0) is 26.3. The molecule has 0 aliphatic carbocycles. The van der Waals surface area contributed by atoms with Crippen LogP contribution < -0.4 is 15.0 Å². The van der Waals surface area contributed by atoms with Crippen molar-refractivity contribution in [1.29, 1.82) is 0 Å². The maximum atomic E-state index is 13.3. The molecule has 1 aliphatic rings. The van der Waals surface area contributed by atoms with Crippen LogP contribution in [0.25, 0.3) is 10.9 Å². The molecule has 0 radical (unpaired) electrons. The molecule has 0 bridgehead atoms. The highest BCUT2D eigenvalue weighted by Gasteiger charge is 2.30. The highest BCUT2D eigenvalue weighted by Crippen LogP contribution is 2.35. The third kappa shape index (κ3) is 4.83. The number of rotatable bonds is 7. The fourth-order valence-corrected chi connectivity index (χ4v) is 4.99. The zero-order valence-corrected chi connectivity index (χ0v) is 22.3. The summed E-state index contributed by atoms with van der Waals surface area (Å²) in [5, 5.41) is 13.8. The van der Waals surface area contributed by atoms with Crippen LogP contribution in [0.2, 0.25) is 0 Å². The fourth-order valence-electron chi connectivity index (χ4n) is 4.99. The molecule has 1 N–H and O–H groups in total. The molecular weight excluding hydrogens is 468 g/mol. The number of benzene rings is 2. The van der Waals surface area contributed by atoms with E-state index in [0.717, 1.165) is 51.3 Å². The topological polar surface area (TPSA) is 98.2 Å². The number of aryl methyl sites for hydroxylation is 2. The normalized spacial score (nSPS) is 14.0. The molecule has 9 nitrogen and oxygen atoms in total. The van der Waals surface area contributed by atoms with Crippen LogP contribution in [0.3, 0.4) is 0 Å². The van der Waals surface area contributed by atoms with Gasteiger partial charge in [0.1, 0.15) is 0 Å². The number of hydrogen-bond donors (Lipinski definition) is 1. The largest absolute Gasteiger partial charge is 0.454 e. The summed E-state index contributed by atoms with van der Waals surface area (Å²) in [5.74, 6) is 2.26. The van der Waals surface area contributed by atoms with Gasteiger partial charge in [-0.15, -0.1) is 5.10 Å². The Kier molecular flexibility index (Phi) is 6.49. The van der Waals surface area contributed by atoms with Crippen LogP contribution in [0.4, 0.5) is 0 Å². The van der Waals surface area contributed by atoms with Crippen LogP contribution in [0.1, 0.15) is 68.2 Å². The lowest BCUT2D eigenvalue weighted by atomic mass is 10.0. The van der Waals surface area contributed by atoms with Crippen LogP contribution in [0, 0.1) is 13.8 Å². The Morgan fingerprint density at radius 3 is 2.57 bits per heavy atom. The Morgan fingerprint density at radius 1 is 1.05 bits per heavy atom. The molecule has 4 aromatic rings. The Bertz CT molecular complexity index is 1500. The molecule has 9 heteroatoms. The lowest BCUT2D eigenvalue weighted by molar-refractivity contribution is 0.153. The Labute approximate surface area is 216 Å². The molecule has 0 spiro atoms. The number of aromatic nitrogens is 5. The first kappa shape index (κ1) is 25.0. The van der Waals surface area contributed by atoms with Crippen LogP contribution in [-0.4, -0.2) is 36.9 Å². The SMILES string of the molecule is CC[C@H](c1nnnn1C(C)(C)C)N(Cc1ccc2c(c1)OCO2)Cc1cc2c(C)ccc(C)c2[nH]c1=O. The molecule has 1 aliphatic heterocycles. The molecule has 3 heterocycles. The van der Waals surface area contributed by atoms with Gasteiger partial charge < -0.3 is 14.5 Å². The third-order valence-electron chi connectivity index (χ3n) is 6.97. The summed E-state index contributed by atoms with van der Waals surface area (Å²) >= 11 is 0. The second-order valence-corrected chi connectivity index (χ2v) is 10.7. The van der Waals surface area contributed by atoms with Crippen LogP contribution in [0.15, 0.2) is 41.2 Å². The van der Waals surface area contributed by atoms with Gasteiger partial charge in [0.05, 0.1) is 17.1 Å². The predicted octanol–water partition coefficient (Wildman–Crippen LogP) is 4.77. The van der Waals surface area contributed by atoms with Crippen molar-refractivity contribution in [2.24, 2.45) is 0 Å². The number of H-pyrrole nitrogens is 1. The monoisotopic (exact) mass is 502 g/mol. The summed E-state index contributed by atoms with van der Waals surface area (Å²) in [4.78, 5) is 18.7. The molecule has 2 aromatic heterocycles. The second-order valence-electron chi connectivity index (χ2n) is 10.7. The van der Waals surface area contributed by atoms with Gasteiger partial charge in [0.25, 0.3) is 5.56 Å². The molecule has 0 saturated heterocycles. The number of hydrogen-bond acceptors (Lipinski definition) is 7. The second kappa shape index (κ2) is 9.63. The molecule has 0 amide bonds. The van der Waals surface area contributed by atoms with Gasteiger partial charge in [0.2, 0.25) is 6.79 Å². The summed E-state index contributed by atoms with van der Waals surface area (Å²) in [6.45, 7) is 13.7. The lowest BCUT2D eigenvalue weighted by Gasteiger charge is -2.32. The van der Waals surface area contributed by atoms with Gasteiger partial charge in [-0.25, -0.2) is 4.68 Å². The van der Waals surface area contributed by atoms with Crippen molar-refractivity contribution in [2.45, 2.75) is 72.6 Å². The summed E-state index contributed by atoms with van der Waals surface area (Å²) in [7, 11) is 0. The van der Waals surface area contributed by atoms with Crippen molar-refractivity contribution in [3.63, 3.8) is 0 Å². The highest BCUT2D eigenvalue weighted by atomic mass is 16.7. The molecule has 37 heavy (non-hydrogen) atoms. The molecule has 194 valence electrons.